The van der Waals surface area contributed by atoms with Crippen molar-refractivity contribution in [3.8, 4) is 5.75 Å². The van der Waals surface area contributed by atoms with E-state index in [2.05, 4.69) is 42.3 Å². The van der Waals surface area contributed by atoms with Crippen molar-refractivity contribution in [2.24, 2.45) is 0 Å². The van der Waals surface area contributed by atoms with Crippen LogP contribution in [-0.4, -0.2) is 32.8 Å². The lowest BCUT2D eigenvalue weighted by Gasteiger charge is -2.35. The molecule has 0 amide bonds. The van der Waals surface area contributed by atoms with E-state index in [4.69, 9.17) is 4.74 Å². The molecular weight excluding hydrogens is 236 g/mol. The largest absolute Gasteiger partial charge is 0.497 e. The monoisotopic (exact) mass is 262 g/mol. The molecule has 0 aliphatic carbocycles. The topological polar surface area (TPSA) is 24.5 Å². The maximum absolute atomic E-state index is 5.28. The molecule has 1 fully saturated rings. The minimum Gasteiger partial charge on any atom is -0.497 e. The van der Waals surface area contributed by atoms with Gasteiger partial charge in [0.25, 0.3) is 0 Å². The molecule has 19 heavy (non-hydrogen) atoms. The Bertz CT molecular complexity index is 406. The van der Waals surface area contributed by atoms with Crippen molar-refractivity contribution in [2.45, 2.75) is 39.2 Å². The van der Waals surface area contributed by atoms with Crippen molar-refractivity contribution in [1.82, 2.24) is 5.32 Å². The van der Waals surface area contributed by atoms with Crippen LogP contribution in [0.2, 0.25) is 0 Å². The van der Waals surface area contributed by atoms with E-state index in [0.717, 1.165) is 25.4 Å². The number of hydrogen-bond acceptors (Lipinski definition) is 3. The molecule has 2 rings (SSSR count). The van der Waals surface area contributed by atoms with Gasteiger partial charge in [-0.2, -0.15) is 0 Å². The van der Waals surface area contributed by atoms with E-state index in [-0.39, 0.29) is 0 Å². The smallest absolute Gasteiger partial charge is 0.119 e. The molecule has 1 aromatic rings. The molecule has 1 N–H and O–H groups in total. The minimum atomic E-state index is 0.634. The Hall–Kier alpha value is -1.22. The first-order chi connectivity index (χ1) is 9.24. The highest BCUT2D eigenvalue weighted by Crippen LogP contribution is 2.27. The summed E-state index contributed by atoms with van der Waals surface area (Å²) in [6.45, 7) is 7.80. The second-order valence-electron chi connectivity index (χ2n) is 5.39. The van der Waals surface area contributed by atoms with Crippen LogP contribution in [0.25, 0.3) is 0 Å². The van der Waals surface area contributed by atoms with Crippen molar-refractivity contribution in [3.63, 3.8) is 0 Å². The number of methoxy groups -OCH3 is 1. The van der Waals surface area contributed by atoms with Crippen LogP contribution in [0.15, 0.2) is 18.2 Å². The molecule has 106 valence electrons. The molecule has 3 nitrogen and oxygen atoms in total. The van der Waals surface area contributed by atoms with Crippen molar-refractivity contribution in [2.75, 3.05) is 31.6 Å². The van der Waals surface area contributed by atoms with Gasteiger partial charge in [-0.05, 0) is 56.5 Å². The van der Waals surface area contributed by atoms with Gasteiger partial charge in [0, 0.05) is 24.8 Å². The molecule has 0 radical (unpaired) electrons. The van der Waals surface area contributed by atoms with Crippen LogP contribution >= 0.6 is 0 Å². The van der Waals surface area contributed by atoms with E-state index >= 15 is 0 Å². The molecular formula is C16H26N2O. The van der Waals surface area contributed by atoms with Gasteiger partial charge < -0.3 is 15.0 Å². The first kappa shape index (κ1) is 14.2. The summed E-state index contributed by atoms with van der Waals surface area (Å²) in [7, 11) is 1.72. The molecule has 1 aliphatic rings. The number of nitrogens with zero attached hydrogens (tertiary/aromatic N) is 1. The Morgan fingerprint density at radius 2 is 2.26 bits per heavy atom. The normalized spacial score (nSPS) is 19.5. The van der Waals surface area contributed by atoms with Gasteiger partial charge >= 0.3 is 0 Å². The third kappa shape index (κ3) is 3.63. The third-order valence-corrected chi connectivity index (χ3v) is 3.85. The number of benzene rings is 1. The van der Waals surface area contributed by atoms with E-state index in [0.29, 0.717) is 6.04 Å². The highest BCUT2D eigenvalue weighted by atomic mass is 16.5. The number of piperidine rings is 1. The summed E-state index contributed by atoms with van der Waals surface area (Å²) in [5.41, 5.74) is 2.65. The number of nitrogens with one attached hydrogen (secondary N) is 1. The Kier molecular flexibility index (Phi) is 5.08. The van der Waals surface area contributed by atoms with E-state index in [1.807, 2.05) is 0 Å². The van der Waals surface area contributed by atoms with Gasteiger partial charge in [0.05, 0.1) is 7.11 Å². The number of aryl methyl sites for hydroxylation is 1. The van der Waals surface area contributed by atoms with Gasteiger partial charge in [-0.1, -0.05) is 6.92 Å². The predicted octanol–water partition coefficient (Wildman–Crippen LogP) is 2.97. The van der Waals surface area contributed by atoms with Gasteiger partial charge in [0.1, 0.15) is 5.75 Å². The van der Waals surface area contributed by atoms with Gasteiger partial charge in [-0.15, -0.1) is 0 Å². The average Bonchev–Trinajstić information content (AvgIpc) is 2.45. The Morgan fingerprint density at radius 3 is 2.95 bits per heavy atom. The molecule has 0 bridgehead atoms. The summed E-state index contributed by atoms with van der Waals surface area (Å²) in [6.07, 6.45) is 3.77. The van der Waals surface area contributed by atoms with Crippen molar-refractivity contribution >= 4 is 5.69 Å². The molecule has 3 heteroatoms. The molecule has 1 aliphatic heterocycles. The van der Waals surface area contributed by atoms with Gasteiger partial charge in [-0.3, -0.25) is 0 Å². The van der Waals surface area contributed by atoms with Crippen LogP contribution < -0.4 is 15.0 Å². The third-order valence-electron chi connectivity index (χ3n) is 3.85. The van der Waals surface area contributed by atoms with Crippen LogP contribution in [0.3, 0.4) is 0 Å². The van der Waals surface area contributed by atoms with Gasteiger partial charge in [0.2, 0.25) is 0 Å². The van der Waals surface area contributed by atoms with Crippen molar-refractivity contribution < 1.29 is 4.74 Å². The Morgan fingerprint density at radius 1 is 1.42 bits per heavy atom. The zero-order chi connectivity index (χ0) is 13.7. The summed E-state index contributed by atoms with van der Waals surface area (Å²) in [5.74, 6) is 0.943. The first-order valence-electron chi connectivity index (χ1n) is 7.37. The summed E-state index contributed by atoms with van der Waals surface area (Å²) in [4.78, 5) is 2.51. The lowest BCUT2D eigenvalue weighted by molar-refractivity contribution is 0.413. The van der Waals surface area contributed by atoms with Crippen molar-refractivity contribution in [3.05, 3.63) is 23.8 Å². The number of rotatable bonds is 5. The van der Waals surface area contributed by atoms with Crippen LogP contribution in [0, 0.1) is 6.92 Å². The molecule has 0 saturated carbocycles. The van der Waals surface area contributed by atoms with Crippen LogP contribution in [0.5, 0.6) is 5.75 Å². The first-order valence-corrected chi connectivity index (χ1v) is 7.37. The van der Waals surface area contributed by atoms with E-state index in [1.54, 1.807) is 7.11 Å². The maximum atomic E-state index is 5.28. The molecule has 1 unspecified atom stereocenters. The van der Waals surface area contributed by atoms with E-state index < -0.39 is 0 Å². The summed E-state index contributed by atoms with van der Waals surface area (Å²) in [5, 5.41) is 3.65. The number of ether oxygens (including phenoxy) is 1. The molecule has 0 spiro atoms. The Balaban J connectivity index is 2.04. The molecule has 1 saturated heterocycles. The minimum absolute atomic E-state index is 0.634. The number of anilines is 1. The second-order valence-corrected chi connectivity index (χ2v) is 5.39. The molecule has 0 aromatic heterocycles. The lowest BCUT2D eigenvalue weighted by atomic mass is 10.0. The fourth-order valence-electron chi connectivity index (χ4n) is 2.82. The van der Waals surface area contributed by atoms with Crippen molar-refractivity contribution in [1.29, 1.82) is 0 Å². The second kappa shape index (κ2) is 6.80. The van der Waals surface area contributed by atoms with Gasteiger partial charge in [0.15, 0.2) is 0 Å². The fourth-order valence-corrected chi connectivity index (χ4v) is 2.82. The fraction of sp³-hybridized carbons (Fsp3) is 0.625. The van der Waals surface area contributed by atoms with Crippen LogP contribution in [0.4, 0.5) is 5.69 Å². The molecule has 1 atom stereocenters. The standard InChI is InChI=1S/C16H26N2O/c1-4-9-17-14-6-5-10-18(12-14)16-8-7-15(19-3)11-13(16)2/h7-8,11,14,17H,4-6,9-10,12H2,1-3H3. The molecule has 1 heterocycles. The predicted molar refractivity (Wildman–Crippen MR) is 81.3 cm³/mol. The highest BCUT2D eigenvalue weighted by Gasteiger charge is 2.20. The number of hydrogen-bond donors (Lipinski definition) is 1. The SMILES string of the molecule is CCCNC1CCCN(c2ccc(OC)cc2C)C1. The summed E-state index contributed by atoms with van der Waals surface area (Å²) >= 11 is 0. The van der Waals surface area contributed by atoms with E-state index in [9.17, 15) is 0 Å². The lowest BCUT2D eigenvalue weighted by Crippen LogP contribution is -2.46. The summed E-state index contributed by atoms with van der Waals surface area (Å²) in [6, 6.07) is 7.01. The van der Waals surface area contributed by atoms with E-state index in [1.165, 1.54) is 30.5 Å². The zero-order valence-electron chi connectivity index (χ0n) is 12.4. The van der Waals surface area contributed by atoms with Crippen LogP contribution in [0.1, 0.15) is 31.7 Å². The Labute approximate surface area is 116 Å². The molecule has 1 aromatic carbocycles. The van der Waals surface area contributed by atoms with Crippen LogP contribution in [-0.2, 0) is 0 Å². The highest BCUT2D eigenvalue weighted by molar-refractivity contribution is 5.56. The van der Waals surface area contributed by atoms with Gasteiger partial charge in [-0.25, -0.2) is 0 Å². The zero-order valence-corrected chi connectivity index (χ0v) is 12.4. The summed E-state index contributed by atoms with van der Waals surface area (Å²) < 4.78 is 5.28. The maximum Gasteiger partial charge on any atom is 0.119 e. The average molecular weight is 262 g/mol. The quantitative estimate of drug-likeness (QED) is 0.883.